The van der Waals surface area contributed by atoms with Crippen LogP contribution in [0.2, 0.25) is 0 Å². The average Bonchev–Trinajstić information content (AvgIpc) is 3.30. The van der Waals surface area contributed by atoms with E-state index in [0.29, 0.717) is 5.69 Å². The van der Waals surface area contributed by atoms with Crippen LogP contribution in [0.25, 0.3) is 11.3 Å². The van der Waals surface area contributed by atoms with Crippen LogP contribution in [-0.2, 0) is 0 Å². The van der Waals surface area contributed by atoms with Gasteiger partial charge in [0.25, 0.3) is 5.91 Å². The van der Waals surface area contributed by atoms with Crippen LogP contribution in [-0.4, -0.2) is 31.3 Å². The Hall–Kier alpha value is -3.28. The molecule has 0 radical (unpaired) electrons. The topological polar surface area (TPSA) is 67.6 Å². The Bertz CT molecular complexity index is 974. The highest BCUT2D eigenvalue weighted by atomic mass is 16.5. The van der Waals surface area contributed by atoms with E-state index in [4.69, 9.17) is 9.26 Å². The van der Waals surface area contributed by atoms with Gasteiger partial charge < -0.3 is 19.5 Å². The minimum atomic E-state index is -0.283. The lowest BCUT2D eigenvalue weighted by Crippen LogP contribution is -2.29. The summed E-state index contributed by atoms with van der Waals surface area (Å²) < 4.78 is 10.4. The molecule has 4 rings (SSSR count). The molecule has 1 saturated heterocycles. The number of carbonyl (C=O) groups excluding carboxylic acids is 1. The van der Waals surface area contributed by atoms with Gasteiger partial charge in [0.2, 0.25) is 5.76 Å². The summed E-state index contributed by atoms with van der Waals surface area (Å²) in [6.07, 6.45) is 3.83. The summed E-state index contributed by atoms with van der Waals surface area (Å²) in [7, 11) is 1.62. The van der Waals surface area contributed by atoms with Crippen LogP contribution in [0.4, 0.5) is 5.69 Å². The van der Waals surface area contributed by atoms with Gasteiger partial charge in [-0.15, -0.1) is 0 Å². The summed E-state index contributed by atoms with van der Waals surface area (Å²) >= 11 is 0. The summed E-state index contributed by atoms with van der Waals surface area (Å²) in [5.41, 5.74) is 3.77. The zero-order valence-electron chi connectivity index (χ0n) is 17.4. The van der Waals surface area contributed by atoms with E-state index in [0.717, 1.165) is 30.0 Å². The third kappa shape index (κ3) is 4.48. The van der Waals surface area contributed by atoms with Crippen molar-refractivity contribution in [2.75, 3.05) is 25.1 Å². The van der Waals surface area contributed by atoms with E-state index in [1.807, 2.05) is 31.2 Å². The summed E-state index contributed by atoms with van der Waals surface area (Å²) in [6, 6.07) is 17.4. The van der Waals surface area contributed by atoms with Crippen molar-refractivity contribution in [3.63, 3.8) is 0 Å². The van der Waals surface area contributed by atoms with E-state index in [2.05, 4.69) is 39.6 Å². The smallest absolute Gasteiger partial charge is 0.290 e. The molecule has 1 aliphatic rings. The monoisotopic (exact) mass is 405 g/mol. The van der Waals surface area contributed by atoms with Crippen molar-refractivity contribution in [2.45, 2.75) is 32.2 Å². The number of benzene rings is 2. The molecule has 1 amide bonds. The molecule has 1 atom stereocenters. The predicted molar refractivity (Wildman–Crippen MR) is 117 cm³/mol. The van der Waals surface area contributed by atoms with Gasteiger partial charge in [0.15, 0.2) is 0 Å². The molecule has 1 aliphatic heterocycles. The lowest BCUT2D eigenvalue weighted by molar-refractivity contribution is 0.0902. The SMILES string of the molecule is COc1ccc(-c2cc(C(=O)N[C@H](C)c3ccc(N4CCCCC4)cc3)on2)cc1. The van der Waals surface area contributed by atoms with Gasteiger partial charge in [0.05, 0.1) is 13.2 Å². The molecule has 0 spiro atoms. The molecular formula is C24H27N3O3. The summed E-state index contributed by atoms with van der Waals surface area (Å²) in [5.74, 6) is 0.674. The van der Waals surface area contributed by atoms with Gasteiger partial charge in [0.1, 0.15) is 11.4 Å². The highest BCUT2D eigenvalue weighted by molar-refractivity contribution is 5.92. The minimum Gasteiger partial charge on any atom is -0.497 e. The summed E-state index contributed by atoms with van der Waals surface area (Å²) in [5, 5.41) is 7.01. The maximum Gasteiger partial charge on any atom is 0.290 e. The lowest BCUT2D eigenvalue weighted by atomic mass is 10.1. The first-order chi connectivity index (χ1) is 14.6. The van der Waals surface area contributed by atoms with Crippen molar-refractivity contribution in [1.82, 2.24) is 10.5 Å². The fourth-order valence-corrected chi connectivity index (χ4v) is 3.76. The summed E-state index contributed by atoms with van der Waals surface area (Å²) in [6.45, 7) is 4.20. The first-order valence-corrected chi connectivity index (χ1v) is 10.4. The Labute approximate surface area is 176 Å². The molecule has 0 saturated carbocycles. The Morgan fingerprint density at radius 1 is 1.07 bits per heavy atom. The third-order valence-corrected chi connectivity index (χ3v) is 5.58. The minimum absolute atomic E-state index is 0.137. The normalized spacial score (nSPS) is 14.9. The van der Waals surface area contributed by atoms with Crippen LogP contribution in [0.15, 0.2) is 59.1 Å². The maximum absolute atomic E-state index is 12.6. The van der Waals surface area contributed by atoms with E-state index < -0.39 is 0 Å². The van der Waals surface area contributed by atoms with Crippen molar-refractivity contribution < 1.29 is 14.1 Å². The van der Waals surface area contributed by atoms with Crippen LogP contribution in [0.1, 0.15) is 48.3 Å². The van der Waals surface area contributed by atoms with Gasteiger partial charge in [-0.1, -0.05) is 17.3 Å². The number of hydrogen-bond donors (Lipinski definition) is 1. The van der Waals surface area contributed by atoms with E-state index in [1.165, 1.54) is 24.9 Å². The Kier molecular flexibility index (Phi) is 6.02. The van der Waals surface area contributed by atoms with Crippen LogP contribution < -0.4 is 15.0 Å². The molecule has 30 heavy (non-hydrogen) atoms. The number of hydrogen-bond acceptors (Lipinski definition) is 5. The van der Waals surface area contributed by atoms with E-state index in [9.17, 15) is 4.79 Å². The van der Waals surface area contributed by atoms with Gasteiger partial charge in [-0.2, -0.15) is 0 Å². The second-order valence-corrected chi connectivity index (χ2v) is 7.64. The number of ether oxygens (including phenoxy) is 1. The van der Waals surface area contributed by atoms with Gasteiger partial charge in [0, 0.05) is 30.4 Å². The molecule has 0 aliphatic carbocycles. The Balaban J connectivity index is 1.39. The molecule has 6 heteroatoms. The highest BCUT2D eigenvalue weighted by Crippen LogP contribution is 2.24. The second-order valence-electron chi connectivity index (χ2n) is 7.64. The second kappa shape index (κ2) is 9.03. The predicted octanol–water partition coefficient (Wildman–Crippen LogP) is 4.83. The number of amides is 1. The van der Waals surface area contributed by atoms with E-state index in [1.54, 1.807) is 13.2 Å². The van der Waals surface area contributed by atoms with Crippen LogP contribution >= 0.6 is 0 Å². The van der Waals surface area contributed by atoms with Crippen LogP contribution in [0.5, 0.6) is 5.75 Å². The molecule has 6 nitrogen and oxygen atoms in total. The first kappa shape index (κ1) is 20.0. The van der Waals surface area contributed by atoms with Crippen LogP contribution in [0, 0.1) is 0 Å². The molecule has 0 bridgehead atoms. The quantitative estimate of drug-likeness (QED) is 0.636. The number of nitrogens with zero attached hydrogens (tertiary/aromatic N) is 2. The molecule has 156 valence electrons. The van der Waals surface area contributed by atoms with Crippen LogP contribution in [0.3, 0.4) is 0 Å². The molecule has 2 heterocycles. The lowest BCUT2D eigenvalue weighted by Gasteiger charge is -2.29. The number of nitrogens with one attached hydrogen (secondary N) is 1. The molecule has 1 fully saturated rings. The third-order valence-electron chi connectivity index (χ3n) is 5.58. The van der Waals surface area contributed by atoms with Gasteiger partial charge in [-0.3, -0.25) is 4.79 Å². The number of piperidine rings is 1. The van der Waals surface area contributed by atoms with E-state index >= 15 is 0 Å². The molecule has 1 N–H and O–H groups in total. The van der Waals surface area contributed by atoms with Crippen molar-refractivity contribution in [2.24, 2.45) is 0 Å². The highest BCUT2D eigenvalue weighted by Gasteiger charge is 2.18. The number of rotatable bonds is 6. The fraction of sp³-hybridized carbons (Fsp3) is 0.333. The van der Waals surface area contributed by atoms with Crippen molar-refractivity contribution in [3.05, 3.63) is 65.9 Å². The fourth-order valence-electron chi connectivity index (χ4n) is 3.76. The standard InChI is InChI=1S/C24H27N3O3/c1-17(18-6-10-20(11-7-18)27-14-4-3-5-15-27)25-24(28)23-16-22(26-30-23)19-8-12-21(29-2)13-9-19/h6-13,16-17H,3-5,14-15H2,1-2H3,(H,25,28)/t17-/m1/s1. The maximum atomic E-state index is 12.6. The average molecular weight is 405 g/mol. The molecule has 3 aromatic rings. The molecule has 2 aromatic carbocycles. The van der Waals surface area contributed by atoms with Gasteiger partial charge in [-0.05, 0) is 68.1 Å². The largest absolute Gasteiger partial charge is 0.497 e. The summed E-state index contributed by atoms with van der Waals surface area (Å²) in [4.78, 5) is 15.0. The van der Waals surface area contributed by atoms with Gasteiger partial charge >= 0.3 is 0 Å². The van der Waals surface area contributed by atoms with Crippen molar-refractivity contribution >= 4 is 11.6 Å². The number of methoxy groups -OCH3 is 1. The molecular weight excluding hydrogens is 378 g/mol. The number of aromatic nitrogens is 1. The first-order valence-electron chi connectivity index (χ1n) is 10.4. The zero-order chi connectivity index (χ0) is 20.9. The van der Waals surface area contributed by atoms with Gasteiger partial charge in [-0.25, -0.2) is 0 Å². The number of carbonyl (C=O) groups is 1. The number of anilines is 1. The Morgan fingerprint density at radius 3 is 2.43 bits per heavy atom. The molecule has 0 unspecified atom stereocenters. The van der Waals surface area contributed by atoms with Crippen molar-refractivity contribution in [3.8, 4) is 17.0 Å². The Morgan fingerprint density at radius 2 is 1.77 bits per heavy atom. The van der Waals surface area contributed by atoms with E-state index in [-0.39, 0.29) is 17.7 Å². The zero-order valence-corrected chi connectivity index (χ0v) is 17.4. The van der Waals surface area contributed by atoms with Crippen molar-refractivity contribution in [1.29, 1.82) is 0 Å². The molecule has 1 aromatic heterocycles.